The van der Waals surface area contributed by atoms with E-state index in [2.05, 4.69) is 15.6 Å². The number of ether oxygens (including phenoxy) is 1. The zero-order valence-electron chi connectivity index (χ0n) is 16.9. The molecule has 2 aromatic heterocycles. The summed E-state index contributed by atoms with van der Waals surface area (Å²) in [5.41, 5.74) is 5.65. The number of carbonyl (C=O) groups is 3. The maximum Gasteiger partial charge on any atom is 0.322 e. The van der Waals surface area contributed by atoms with Crippen LogP contribution >= 0.6 is 0 Å². The SMILES string of the molecule is COc1ccc2c(c1F)CC(=O)N(C[C@@]1(c3cc4nc(N)ccc4o3)NC(=O)NC1=O)C2. The van der Waals surface area contributed by atoms with Gasteiger partial charge in [-0.05, 0) is 23.8 Å². The Morgan fingerprint density at radius 2 is 2.09 bits per heavy atom. The first-order valence-electron chi connectivity index (χ1n) is 9.73. The van der Waals surface area contributed by atoms with Gasteiger partial charge in [-0.1, -0.05) is 6.07 Å². The zero-order valence-corrected chi connectivity index (χ0v) is 16.9. The first kappa shape index (κ1) is 19.8. The number of halogens is 1. The number of carbonyl (C=O) groups excluding carboxylic acids is 3. The van der Waals surface area contributed by atoms with Crippen molar-refractivity contribution in [3.63, 3.8) is 0 Å². The fourth-order valence-corrected chi connectivity index (χ4v) is 4.13. The lowest BCUT2D eigenvalue weighted by Crippen LogP contribution is -2.54. The smallest absolute Gasteiger partial charge is 0.322 e. The number of nitrogens with zero attached hydrogens (tertiary/aromatic N) is 2. The van der Waals surface area contributed by atoms with Crippen LogP contribution in [0.3, 0.4) is 0 Å². The van der Waals surface area contributed by atoms with Crippen molar-refractivity contribution >= 4 is 34.8 Å². The van der Waals surface area contributed by atoms with Gasteiger partial charge >= 0.3 is 6.03 Å². The molecule has 1 atom stereocenters. The first-order chi connectivity index (χ1) is 15.3. The zero-order chi connectivity index (χ0) is 22.6. The summed E-state index contributed by atoms with van der Waals surface area (Å²) >= 11 is 0. The van der Waals surface area contributed by atoms with Crippen LogP contribution in [0.1, 0.15) is 16.9 Å². The van der Waals surface area contributed by atoms with Crippen LogP contribution in [0.2, 0.25) is 0 Å². The number of hydrogen-bond donors (Lipinski definition) is 3. The molecular weight excluding hydrogens is 421 g/mol. The minimum atomic E-state index is -1.68. The molecule has 2 aliphatic heterocycles. The van der Waals surface area contributed by atoms with Gasteiger partial charge in [-0.2, -0.15) is 0 Å². The Bertz CT molecular complexity index is 1310. The van der Waals surface area contributed by atoms with Gasteiger partial charge in [0.2, 0.25) is 5.91 Å². The van der Waals surface area contributed by atoms with Crippen LogP contribution in [-0.4, -0.2) is 41.4 Å². The second kappa shape index (κ2) is 6.94. The van der Waals surface area contributed by atoms with Crippen molar-refractivity contribution in [3.8, 4) is 5.75 Å². The molecule has 2 aliphatic rings. The average molecular weight is 439 g/mol. The predicted molar refractivity (Wildman–Crippen MR) is 109 cm³/mol. The third-order valence-corrected chi connectivity index (χ3v) is 5.75. The summed E-state index contributed by atoms with van der Waals surface area (Å²) in [6.07, 6.45) is -0.206. The number of pyridine rings is 1. The van der Waals surface area contributed by atoms with Crippen LogP contribution in [0.4, 0.5) is 15.0 Å². The van der Waals surface area contributed by atoms with Crippen molar-refractivity contribution in [2.45, 2.75) is 18.5 Å². The van der Waals surface area contributed by atoms with Crippen molar-refractivity contribution in [2.24, 2.45) is 0 Å². The highest BCUT2D eigenvalue weighted by atomic mass is 19.1. The number of benzene rings is 1. The van der Waals surface area contributed by atoms with E-state index in [0.29, 0.717) is 16.7 Å². The van der Waals surface area contributed by atoms with Crippen LogP contribution in [0.5, 0.6) is 5.75 Å². The Hall–Kier alpha value is -4.15. The number of methoxy groups -OCH3 is 1. The van der Waals surface area contributed by atoms with E-state index >= 15 is 0 Å². The quantitative estimate of drug-likeness (QED) is 0.519. The van der Waals surface area contributed by atoms with Gasteiger partial charge in [0.25, 0.3) is 5.91 Å². The number of anilines is 1. The summed E-state index contributed by atoms with van der Waals surface area (Å²) in [7, 11) is 1.35. The van der Waals surface area contributed by atoms with Crippen LogP contribution in [0, 0.1) is 5.82 Å². The molecular formula is C21H18FN5O5. The van der Waals surface area contributed by atoms with Gasteiger partial charge in [0.05, 0.1) is 20.1 Å². The molecule has 3 aromatic rings. The molecule has 0 bridgehead atoms. The predicted octanol–water partition coefficient (Wildman–Crippen LogP) is 1.18. The molecule has 0 aliphatic carbocycles. The summed E-state index contributed by atoms with van der Waals surface area (Å²) in [4.78, 5) is 43.4. The molecule has 0 radical (unpaired) electrons. The highest BCUT2D eigenvalue weighted by Crippen LogP contribution is 2.34. The number of amides is 4. The standard InChI is InChI=1S/C21H18FN5O5/c1-31-14-3-2-10-8-27(17(28)6-11(10)18(14)22)9-21(19(29)25-20(30)26-21)15-7-12-13(32-15)4-5-16(23)24-12/h2-5,7H,6,8-9H2,1H3,(H2,23,24)(H2,25,26,29,30)/t21-/m0/s1. The lowest BCUT2D eigenvalue weighted by Gasteiger charge is -2.35. The Labute approximate surface area is 180 Å². The number of nitrogen functional groups attached to an aromatic ring is 1. The lowest BCUT2D eigenvalue weighted by molar-refractivity contribution is -0.135. The van der Waals surface area contributed by atoms with Crippen molar-refractivity contribution in [2.75, 3.05) is 19.4 Å². The van der Waals surface area contributed by atoms with Gasteiger partial charge in [0.15, 0.2) is 22.7 Å². The van der Waals surface area contributed by atoms with Crippen LogP contribution in [0.25, 0.3) is 11.1 Å². The van der Waals surface area contributed by atoms with Crippen molar-refractivity contribution in [3.05, 3.63) is 53.0 Å². The summed E-state index contributed by atoms with van der Waals surface area (Å²) in [6, 6.07) is 7.08. The third kappa shape index (κ3) is 2.93. The second-order valence-electron chi connectivity index (χ2n) is 7.69. The first-order valence-corrected chi connectivity index (χ1v) is 9.73. The number of imide groups is 1. The maximum absolute atomic E-state index is 14.6. The Morgan fingerprint density at radius 1 is 1.28 bits per heavy atom. The van der Waals surface area contributed by atoms with Crippen molar-refractivity contribution < 1.29 is 27.9 Å². The molecule has 164 valence electrons. The molecule has 32 heavy (non-hydrogen) atoms. The average Bonchev–Trinajstić information content (AvgIpc) is 3.30. The van der Waals surface area contributed by atoms with Crippen LogP contribution in [-0.2, 0) is 28.1 Å². The third-order valence-electron chi connectivity index (χ3n) is 5.75. The molecule has 11 heteroatoms. The number of fused-ring (bicyclic) bond motifs is 2. The van der Waals surface area contributed by atoms with E-state index in [1.54, 1.807) is 18.2 Å². The molecule has 0 saturated carbocycles. The Balaban J connectivity index is 1.54. The number of furan rings is 1. The number of nitrogens with two attached hydrogens (primary N) is 1. The number of urea groups is 1. The van der Waals surface area contributed by atoms with Crippen molar-refractivity contribution in [1.29, 1.82) is 0 Å². The number of hydrogen-bond acceptors (Lipinski definition) is 7. The number of nitrogens with one attached hydrogen (secondary N) is 2. The highest BCUT2D eigenvalue weighted by molar-refractivity contribution is 6.08. The number of aromatic nitrogens is 1. The summed E-state index contributed by atoms with van der Waals surface area (Å²) in [5, 5.41) is 4.79. The fourth-order valence-electron chi connectivity index (χ4n) is 4.13. The van der Waals surface area contributed by atoms with Crippen molar-refractivity contribution in [1.82, 2.24) is 20.5 Å². The van der Waals surface area contributed by atoms with E-state index in [-0.39, 0.29) is 42.4 Å². The van der Waals surface area contributed by atoms with E-state index in [9.17, 15) is 18.8 Å². The number of rotatable bonds is 4. The summed E-state index contributed by atoms with van der Waals surface area (Å²) in [5.74, 6) is -1.24. The van der Waals surface area contributed by atoms with E-state index < -0.39 is 29.2 Å². The van der Waals surface area contributed by atoms with Crippen LogP contribution < -0.4 is 21.1 Å². The summed E-state index contributed by atoms with van der Waals surface area (Å²) < 4.78 is 25.4. The van der Waals surface area contributed by atoms with Gasteiger partial charge in [-0.25, -0.2) is 14.2 Å². The normalized spacial score (nSPS) is 20.3. The topological polar surface area (TPSA) is 140 Å². The minimum Gasteiger partial charge on any atom is -0.494 e. The minimum absolute atomic E-state index is 0.0470. The van der Waals surface area contributed by atoms with Crippen LogP contribution in [0.15, 0.2) is 34.7 Å². The van der Waals surface area contributed by atoms with Gasteiger partial charge in [0, 0.05) is 18.2 Å². The van der Waals surface area contributed by atoms with Gasteiger partial charge < -0.3 is 25.1 Å². The highest BCUT2D eigenvalue weighted by Gasteiger charge is 2.52. The van der Waals surface area contributed by atoms with E-state index in [4.69, 9.17) is 14.9 Å². The molecule has 4 heterocycles. The monoisotopic (exact) mass is 439 g/mol. The van der Waals surface area contributed by atoms with Gasteiger partial charge in [-0.3, -0.25) is 14.9 Å². The van der Waals surface area contributed by atoms with E-state index in [1.165, 1.54) is 24.1 Å². The molecule has 1 saturated heterocycles. The van der Waals surface area contributed by atoms with E-state index in [0.717, 1.165) is 0 Å². The second-order valence-corrected chi connectivity index (χ2v) is 7.69. The fraction of sp³-hybridized carbons (Fsp3) is 0.238. The van der Waals surface area contributed by atoms with Gasteiger partial charge in [0.1, 0.15) is 17.1 Å². The van der Waals surface area contributed by atoms with Gasteiger partial charge in [-0.15, -0.1) is 0 Å². The molecule has 0 unspecified atom stereocenters. The van der Waals surface area contributed by atoms with E-state index in [1.807, 2.05) is 0 Å². The maximum atomic E-state index is 14.6. The molecule has 10 nitrogen and oxygen atoms in total. The lowest BCUT2D eigenvalue weighted by atomic mass is 9.92. The molecule has 0 spiro atoms. The molecule has 1 fully saturated rings. The molecule has 4 N–H and O–H groups in total. The molecule has 1 aromatic carbocycles. The molecule has 4 amide bonds. The Kier molecular flexibility index (Phi) is 4.29. The Morgan fingerprint density at radius 3 is 2.81 bits per heavy atom. The summed E-state index contributed by atoms with van der Waals surface area (Å²) in [6.45, 7) is -0.169. The largest absolute Gasteiger partial charge is 0.494 e. The molecule has 5 rings (SSSR count).